The van der Waals surface area contributed by atoms with Crippen LogP contribution in [0.5, 0.6) is 0 Å². The highest BCUT2D eigenvalue weighted by Crippen LogP contribution is 2.26. The molecule has 0 aliphatic heterocycles. The Bertz CT molecular complexity index is 446. The molecule has 0 aliphatic rings. The maximum Gasteiger partial charge on any atom is 0.118 e. The van der Waals surface area contributed by atoms with Gasteiger partial charge in [0.05, 0.1) is 10.2 Å². The average molecular weight is 235 g/mol. The van der Waals surface area contributed by atoms with Crippen LogP contribution in [0.3, 0.4) is 0 Å². The summed E-state index contributed by atoms with van der Waals surface area (Å²) in [7, 11) is 0. The van der Waals surface area contributed by atoms with E-state index in [0.29, 0.717) is 0 Å². The first-order chi connectivity index (χ1) is 7.33. The SMILES string of the molecule is CCC(=Cc1nc2ccccc2s1)SC. The van der Waals surface area contributed by atoms with Crippen molar-refractivity contribution in [3.8, 4) is 0 Å². The number of thiazole rings is 1. The van der Waals surface area contributed by atoms with Gasteiger partial charge in [-0.1, -0.05) is 19.1 Å². The van der Waals surface area contributed by atoms with Crippen LogP contribution in [0.2, 0.25) is 0 Å². The molecule has 0 aliphatic carbocycles. The second-order valence-electron chi connectivity index (χ2n) is 3.19. The van der Waals surface area contributed by atoms with E-state index in [1.54, 1.807) is 23.1 Å². The summed E-state index contributed by atoms with van der Waals surface area (Å²) in [5.41, 5.74) is 1.10. The number of allylic oxidation sites excluding steroid dienone is 1. The largest absolute Gasteiger partial charge is 0.237 e. The number of benzene rings is 1. The minimum atomic E-state index is 1.08. The lowest BCUT2D eigenvalue weighted by Crippen LogP contribution is -1.73. The highest BCUT2D eigenvalue weighted by Gasteiger charge is 2.01. The summed E-state index contributed by atoms with van der Waals surface area (Å²) in [6, 6.07) is 8.27. The molecule has 0 amide bonds. The zero-order valence-electron chi connectivity index (χ0n) is 8.86. The lowest BCUT2D eigenvalue weighted by atomic mass is 10.3. The molecule has 1 aromatic heterocycles. The van der Waals surface area contributed by atoms with Crippen LogP contribution in [-0.4, -0.2) is 11.2 Å². The molecular formula is C12H13NS2. The van der Waals surface area contributed by atoms with Gasteiger partial charge in [-0.05, 0) is 35.8 Å². The number of hydrogen-bond donors (Lipinski definition) is 0. The van der Waals surface area contributed by atoms with E-state index >= 15 is 0 Å². The summed E-state index contributed by atoms with van der Waals surface area (Å²) in [5, 5.41) is 1.11. The van der Waals surface area contributed by atoms with Crippen molar-refractivity contribution in [1.29, 1.82) is 0 Å². The van der Waals surface area contributed by atoms with Gasteiger partial charge in [0.2, 0.25) is 0 Å². The molecule has 0 fully saturated rings. The predicted molar refractivity (Wildman–Crippen MR) is 71.4 cm³/mol. The van der Waals surface area contributed by atoms with E-state index < -0.39 is 0 Å². The first kappa shape index (κ1) is 10.7. The van der Waals surface area contributed by atoms with Crippen molar-refractivity contribution in [3.63, 3.8) is 0 Å². The van der Waals surface area contributed by atoms with E-state index in [9.17, 15) is 0 Å². The maximum atomic E-state index is 4.58. The van der Waals surface area contributed by atoms with Gasteiger partial charge in [-0.15, -0.1) is 23.1 Å². The Morgan fingerprint density at radius 3 is 2.93 bits per heavy atom. The quantitative estimate of drug-likeness (QED) is 0.781. The zero-order valence-corrected chi connectivity index (χ0v) is 10.5. The van der Waals surface area contributed by atoms with Crippen LogP contribution in [-0.2, 0) is 0 Å². The molecule has 0 N–H and O–H groups in total. The van der Waals surface area contributed by atoms with Gasteiger partial charge >= 0.3 is 0 Å². The molecule has 78 valence electrons. The minimum Gasteiger partial charge on any atom is -0.237 e. The van der Waals surface area contributed by atoms with Gasteiger partial charge in [-0.25, -0.2) is 4.98 Å². The Kier molecular flexibility index (Phi) is 3.44. The van der Waals surface area contributed by atoms with E-state index in [1.165, 1.54) is 9.61 Å². The van der Waals surface area contributed by atoms with Crippen LogP contribution < -0.4 is 0 Å². The third kappa shape index (κ3) is 2.41. The van der Waals surface area contributed by atoms with Gasteiger partial charge < -0.3 is 0 Å². The normalized spacial score (nSPS) is 12.3. The standard InChI is InChI=1S/C12H13NS2/c1-3-9(14-2)8-12-13-10-6-4-5-7-11(10)15-12/h4-8H,3H2,1-2H3. The van der Waals surface area contributed by atoms with Crippen LogP contribution >= 0.6 is 23.1 Å². The Labute approximate surface area is 98.2 Å². The fourth-order valence-electron chi connectivity index (χ4n) is 1.39. The molecule has 0 saturated heterocycles. The van der Waals surface area contributed by atoms with E-state index in [0.717, 1.165) is 16.9 Å². The second kappa shape index (κ2) is 4.81. The molecular weight excluding hydrogens is 222 g/mol. The molecule has 0 atom stereocenters. The Hall–Kier alpha value is -0.800. The average Bonchev–Trinajstić information content (AvgIpc) is 2.68. The third-order valence-electron chi connectivity index (χ3n) is 2.21. The van der Waals surface area contributed by atoms with Gasteiger partial charge in [-0.3, -0.25) is 0 Å². The van der Waals surface area contributed by atoms with Crippen LogP contribution in [0.15, 0.2) is 29.2 Å². The van der Waals surface area contributed by atoms with Crippen LogP contribution in [0, 0.1) is 0 Å². The van der Waals surface area contributed by atoms with E-state index in [-0.39, 0.29) is 0 Å². The van der Waals surface area contributed by atoms with Gasteiger partial charge in [0, 0.05) is 0 Å². The summed E-state index contributed by atoms with van der Waals surface area (Å²) < 4.78 is 1.26. The predicted octanol–water partition coefficient (Wildman–Crippen LogP) is 4.41. The zero-order chi connectivity index (χ0) is 10.7. The number of para-hydroxylation sites is 1. The first-order valence-electron chi connectivity index (χ1n) is 4.93. The molecule has 0 bridgehead atoms. The highest BCUT2D eigenvalue weighted by atomic mass is 32.2. The summed E-state index contributed by atoms with van der Waals surface area (Å²) >= 11 is 3.56. The number of aromatic nitrogens is 1. The van der Waals surface area contributed by atoms with Gasteiger partial charge in [0.25, 0.3) is 0 Å². The van der Waals surface area contributed by atoms with Crippen LogP contribution in [0.1, 0.15) is 18.4 Å². The summed E-state index contributed by atoms with van der Waals surface area (Å²) in [6.45, 7) is 2.18. The van der Waals surface area contributed by atoms with Crippen molar-refractivity contribution in [1.82, 2.24) is 4.98 Å². The molecule has 2 aromatic rings. The Morgan fingerprint density at radius 2 is 2.27 bits per heavy atom. The monoisotopic (exact) mass is 235 g/mol. The minimum absolute atomic E-state index is 1.08. The Morgan fingerprint density at radius 1 is 1.47 bits per heavy atom. The molecule has 1 aromatic carbocycles. The molecule has 0 spiro atoms. The summed E-state index contributed by atoms with van der Waals surface area (Å²) in [4.78, 5) is 5.96. The lowest BCUT2D eigenvalue weighted by Gasteiger charge is -1.95. The second-order valence-corrected chi connectivity index (χ2v) is 5.18. The number of fused-ring (bicyclic) bond motifs is 1. The van der Waals surface area contributed by atoms with Gasteiger partial charge in [0.1, 0.15) is 5.01 Å². The number of nitrogens with zero attached hydrogens (tertiary/aromatic N) is 1. The molecule has 2 rings (SSSR count). The van der Waals surface area contributed by atoms with Crippen molar-refractivity contribution in [2.24, 2.45) is 0 Å². The van der Waals surface area contributed by atoms with Crippen LogP contribution in [0.25, 0.3) is 16.3 Å². The Balaban J connectivity index is 2.40. The van der Waals surface area contributed by atoms with E-state index in [1.807, 2.05) is 6.07 Å². The third-order valence-corrected chi connectivity index (χ3v) is 4.12. The molecule has 1 heterocycles. The maximum absolute atomic E-state index is 4.58. The van der Waals surface area contributed by atoms with Crippen molar-refractivity contribution >= 4 is 39.4 Å². The highest BCUT2D eigenvalue weighted by molar-refractivity contribution is 8.02. The molecule has 3 heteroatoms. The smallest absolute Gasteiger partial charge is 0.118 e. The van der Waals surface area contributed by atoms with Crippen LogP contribution in [0.4, 0.5) is 0 Å². The summed E-state index contributed by atoms with van der Waals surface area (Å²) in [5.74, 6) is 0. The molecule has 15 heavy (non-hydrogen) atoms. The van der Waals surface area contributed by atoms with Crippen molar-refractivity contribution in [2.45, 2.75) is 13.3 Å². The fourth-order valence-corrected chi connectivity index (χ4v) is 2.92. The number of rotatable bonds is 3. The lowest BCUT2D eigenvalue weighted by molar-refractivity contribution is 1.21. The van der Waals surface area contributed by atoms with Crippen molar-refractivity contribution in [3.05, 3.63) is 34.2 Å². The van der Waals surface area contributed by atoms with Gasteiger partial charge in [-0.2, -0.15) is 0 Å². The van der Waals surface area contributed by atoms with E-state index in [2.05, 4.69) is 42.4 Å². The number of hydrogen-bond acceptors (Lipinski definition) is 3. The van der Waals surface area contributed by atoms with Crippen molar-refractivity contribution in [2.75, 3.05) is 6.26 Å². The molecule has 0 unspecified atom stereocenters. The molecule has 0 saturated carbocycles. The summed E-state index contributed by atoms with van der Waals surface area (Å²) in [6.07, 6.45) is 5.38. The van der Waals surface area contributed by atoms with E-state index in [4.69, 9.17) is 0 Å². The fraction of sp³-hybridized carbons (Fsp3) is 0.250. The topological polar surface area (TPSA) is 12.9 Å². The first-order valence-corrected chi connectivity index (χ1v) is 6.97. The van der Waals surface area contributed by atoms with Crippen molar-refractivity contribution < 1.29 is 0 Å². The molecule has 1 nitrogen and oxygen atoms in total. The molecule has 0 radical (unpaired) electrons. The van der Waals surface area contributed by atoms with Gasteiger partial charge in [0.15, 0.2) is 0 Å². The number of thioether (sulfide) groups is 1.